The highest BCUT2D eigenvalue weighted by Gasteiger charge is 2.36. The number of rotatable bonds is 3. The molecule has 1 aromatic carbocycles. The highest BCUT2D eigenvalue weighted by molar-refractivity contribution is 5.98. The Morgan fingerprint density at radius 2 is 1.78 bits per heavy atom. The van der Waals surface area contributed by atoms with E-state index in [0.717, 1.165) is 25.1 Å². The largest absolute Gasteiger partial charge is 0.335 e. The lowest BCUT2D eigenvalue weighted by Crippen LogP contribution is -2.58. The fourth-order valence-corrected chi connectivity index (χ4v) is 3.87. The van der Waals surface area contributed by atoms with Crippen LogP contribution in [0, 0.1) is 0 Å². The zero-order valence-corrected chi connectivity index (χ0v) is 15.2. The van der Waals surface area contributed by atoms with E-state index in [4.69, 9.17) is 0 Å². The predicted molar refractivity (Wildman–Crippen MR) is 101 cm³/mol. The molecule has 2 fully saturated rings. The van der Waals surface area contributed by atoms with Crippen molar-refractivity contribution in [1.29, 1.82) is 0 Å². The third kappa shape index (κ3) is 3.68. The summed E-state index contributed by atoms with van der Waals surface area (Å²) < 4.78 is 0. The third-order valence-electron chi connectivity index (χ3n) is 5.30. The van der Waals surface area contributed by atoms with Crippen molar-refractivity contribution in [2.45, 2.75) is 18.9 Å². The lowest BCUT2D eigenvalue weighted by molar-refractivity contribution is -0.126. The molecule has 1 unspecified atom stereocenters. The summed E-state index contributed by atoms with van der Waals surface area (Å²) in [6.07, 6.45) is 6.45. The molecule has 27 heavy (non-hydrogen) atoms. The Morgan fingerprint density at radius 1 is 1.00 bits per heavy atom. The Balaban J connectivity index is 1.39. The van der Waals surface area contributed by atoms with Crippen LogP contribution in [-0.2, 0) is 4.79 Å². The maximum atomic E-state index is 13.0. The van der Waals surface area contributed by atoms with Gasteiger partial charge >= 0.3 is 0 Å². The maximum absolute atomic E-state index is 13.0. The van der Waals surface area contributed by atoms with Gasteiger partial charge in [0.25, 0.3) is 5.91 Å². The van der Waals surface area contributed by atoms with Crippen LogP contribution in [0.3, 0.4) is 0 Å². The normalized spacial score (nSPS) is 21.3. The Kier molecular flexibility index (Phi) is 5.11. The number of hydrogen-bond acceptors (Lipinski definition) is 5. The molecule has 1 aromatic heterocycles. The molecule has 1 atom stereocenters. The Bertz CT molecular complexity index is 791. The first-order valence-electron chi connectivity index (χ1n) is 9.40. The van der Waals surface area contributed by atoms with Gasteiger partial charge in [-0.15, -0.1) is 0 Å². The van der Waals surface area contributed by atoms with E-state index in [1.54, 1.807) is 11.1 Å². The van der Waals surface area contributed by atoms with Gasteiger partial charge in [-0.2, -0.15) is 0 Å². The van der Waals surface area contributed by atoms with E-state index < -0.39 is 0 Å². The van der Waals surface area contributed by atoms with Gasteiger partial charge in [-0.25, -0.2) is 4.98 Å². The average Bonchev–Trinajstić information content (AvgIpc) is 2.75. The zero-order chi connectivity index (χ0) is 18.6. The molecule has 0 aliphatic carbocycles. The van der Waals surface area contributed by atoms with Crippen LogP contribution < -0.4 is 4.90 Å². The first-order valence-corrected chi connectivity index (χ1v) is 9.40. The van der Waals surface area contributed by atoms with Gasteiger partial charge in [-0.3, -0.25) is 19.5 Å². The number of nitrogens with zero attached hydrogens (tertiary/aromatic N) is 5. The van der Waals surface area contributed by atoms with Gasteiger partial charge in [0, 0.05) is 50.8 Å². The van der Waals surface area contributed by atoms with Crippen LogP contribution >= 0.6 is 0 Å². The van der Waals surface area contributed by atoms with Crippen molar-refractivity contribution < 1.29 is 9.59 Å². The number of hydrogen-bond donors (Lipinski definition) is 0. The molecule has 7 nitrogen and oxygen atoms in total. The molecular weight excluding hydrogens is 342 g/mol. The second-order valence-corrected chi connectivity index (χ2v) is 6.90. The minimum Gasteiger partial charge on any atom is -0.335 e. The first-order chi connectivity index (χ1) is 13.2. The first kappa shape index (κ1) is 17.6. The summed E-state index contributed by atoms with van der Waals surface area (Å²) in [5, 5.41) is 0. The molecule has 2 aliphatic heterocycles. The third-order valence-corrected chi connectivity index (χ3v) is 5.30. The smallest absolute Gasteiger partial charge is 0.274 e. The summed E-state index contributed by atoms with van der Waals surface area (Å²) in [4.78, 5) is 39.5. The SMILES string of the molecule is O=C(c1cnccn1)N1CCN(C2CCCN(c3ccccc3)C2=O)CC1. The number of aromatic nitrogens is 2. The van der Waals surface area contributed by atoms with Crippen LogP contribution in [0.5, 0.6) is 0 Å². The fraction of sp³-hybridized carbons (Fsp3) is 0.400. The lowest BCUT2D eigenvalue weighted by Gasteiger charge is -2.42. The van der Waals surface area contributed by atoms with Gasteiger partial charge in [0.2, 0.25) is 5.91 Å². The monoisotopic (exact) mass is 365 g/mol. The van der Waals surface area contributed by atoms with E-state index in [2.05, 4.69) is 14.9 Å². The van der Waals surface area contributed by atoms with Crippen LogP contribution in [-0.4, -0.2) is 70.3 Å². The van der Waals surface area contributed by atoms with E-state index in [-0.39, 0.29) is 17.9 Å². The van der Waals surface area contributed by atoms with E-state index in [0.29, 0.717) is 31.9 Å². The van der Waals surface area contributed by atoms with Crippen molar-refractivity contribution in [1.82, 2.24) is 19.8 Å². The van der Waals surface area contributed by atoms with Crippen molar-refractivity contribution in [3.8, 4) is 0 Å². The number of piperidine rings is 1. The second kappa shape index (κ2) is 7.84. The summed E-state index contributed by atoms with van der Waals surface area (Å²) in [5.41, 5.74) is 1.33. The zero-order valence-electron chi connectivity index (χ0n) is 15.2. The van der Waals surface area contributed by atoms with Crippen LogP contribution in [0.4, 0.5) is 5.69 Å². The molecule has 2 saturated heterocycles. The fourth-order valence-electron chi connectivity index (χ4n) is 3.87. The minimum absolute atomic E-state index is 0.0939. The summed E-state index contributed by atoms with van der Waals surface area (Å²) in [6.45, 7) is 3.37. The van der Waals surface area contributed by atoms with Crippen LogP contribution in [0.2, 0.25) is 0 Å². The molecule has 0 saturated carbocycles. The predicted octanol–water partition coefficient (Wildman–Crippen LogP) is 1.43. The minimum atomic E-state index is -0.104. The topological polar surface area (TPSA) is 69.6 Å². The Hall–Kier alpha value is -2.80. The Morgan fingerprint density at radius 3 is 2.48 bits per heavy atom. The van der Waals surface area contributed by atoms with Crippen LogP contribution in [0.1, 0.15) is 23.3 Å². The number of amides is 2. The lowest BCUT2D eigenvalue weighted by atomic mass is 10.0. The molecule has 2 aliphatic rings. The standard InChI is InChI=1S/C20H23N5O2/c26-19(17-15-21-8-9-22-17)24-13-11-23(12-14-24)18-7-4-10-25(20(18)27)16-5-2-1-3-6-16/h1-3,5-6,8-9,15,18H,4,7,10-14H2. The van der Waals surface area contributed by atoms with Crippen molar-refractivity contribution in [3.05, 3.63) is 54.6 Å². The number of carbonyl (C=O) groups excluding carboxylic acids is 2. The van der Waals surface area contributed by atoms with E-state index in [1.165, 1.54) is 12.4 Å². The second-order valence-electron chi connectivity index (χ2n) is 6.90. The van der Waals surface area contributed by atoms with E-state index in [1.807, 2.05) is 35.2 Å². The van der Waals surface area contributed by atoms with Crippen molar-refractivity contribution >= 4 is 17.5 Å². The van der Waals surface area contributed by atoms with Gasteiger partial charge in [0.1, 0.15) is 5.69 Å². The van der Waals surface area contributed by atoms with Gasteiger partial charge in [0.05, 0.1) is 12.2 Å². The quantitative estimate of drug-likeness (QED) is 0.823. The summed E-state index contributed by atoms with van der Waals surface area (Å²) in [7, 11) is 0. The average molecular weight is 365 g/mol. The van der Waals surface area contributed by atoms with Gasteiger partial charge in [-0.1, -0.05) is 18.2 Å². The van der Waals surface area contributed by atoms with Crippen molar-refractivity contribution in [2.75, 3.05) is 37.6 Å². The molecule has 0 N–H and O–H groups in total. The molecule has 2 aromatic rings. The molecule has 0 bridgehead atoms. The highest BCUT2D eigenvalue weighted by atomic mass is 16.2. The van der Waals surface area contributed by atoms with Gasteiger partial charge in [-0.05, 0) is 25.0 Å². The van der Waals surface area contributed by atoms with Crippen LogP contribution in [0.15, 0.2) is 48.9 Å². The molecule has 3 heterocycles. The molecule has 4 rings (SSSR count). The molecular formula is C20H23N5O2. The van der Waals surface area contributed by atoms with Gasteiger partial charge in [0.15, 0.2) is 0 Å². The maximum Gasteiger partial charge on any atom is 0.274 e. The summed E-state index contributed by atoms with van der Waals surface area (Å²) >= 11 is 0. The number of carbonyl (C=O) groups is 2. The molecule has 7 heteroatoms. The Labute approximate surface area is 158 Å². The van der Waals surface area contributed by atoms with E-state index in [9.17, 15) is 9.59 Å². The van der Waals surface area contributed by atoms with Crippen molar-refractivity contribution in [3.63, 3.8) is 0 Å². The van der Waals surface area contributed by atoms with Crippen LogP contribution in [0.25, 0.3) is 0 Å². The van der Waals surface area contributed by atoms with Gasteiger partial charge < -0.3 is 9.80 Å². The molecule has 140 valence electrons. The van der Waals surface area contributed by atoms with E-state index >= 15 is 0 Å². The summed E-state index contributed by atoms with van der Waals surface area (Å²) in [6, 6.07) is 9.75. The van der Waals surface area contributed by atoms with Crippen molar-refractivity contribution in [2.24, 2.45) is 0 Å². The highest BCUT2D eigenvalue weighted by Crippen LogP contribution is 2.24. The number of anilines is 1. The summed E-state index contributed by atoms with van der Waals surface area (Å²) in [5.74, 6) is 0.0739. The number of para-hydroxylation sites is 1. The molecule has 2 amide bonds. The number of benzene rings is 1. The molecule has 0 radical (unpaired) electrons. The molecule has 0 spiro atoms. The number of piperazine rings is 1.